The highest BCUT2D eigenvalue weighted by Gasteiger charge is 2.55. The summed E-state index contributed by atoms with van der Waals surface area (Å²) in [5.41, 5.74) is 1.29. The summed E-state index contributed by atoms with van der Waals surface area (Å²) in [6.07, 6.45) is 6.30. The quantitative estimate of drug-likeness (QED) is 0.850. The van der Waals surface area contributed by atoms with E-state index in [1.807, 2.05) is 37.8 Å². The topological polar surface area (TPSA) is 87.3 Å². The van der Waals surface area contributed by atoms with Crippen LogP contribution >= 0.6 is 0 Å². The minimum atomic E-state index is -0.461. The van der Waals surface area contributed by atoms with Gasteiger partial charge in [0.25, 0.3) is 5.91 Å². The van der Waals surface area contributed by atoms with Crippen LogP contribution in [0.4, 0.5) is 4.79 Å². The molecule has 1 spiro atoms. The van der Waals surface area contributed by atoms with Crippen molar-refractivity contribution in [1.29, 1.82) is 0 Å². The van der Waals surface area contributed by atoms with Crippen LogP contribution < -0.4 is 5.32 Å². The van der Waals surface area contributed by atoms with Crippen LogP contribution in [0, 0.1) is 11.3 Å². The summed E-state index contributed by atoms with van der Waals surface area (Å²) in [7, 11) is 0. The number of likely N-dealkylation sites (tertiary alicyclic amines) is 1. The third kappa shape index (κ3) is 3.84. The lowest BCUT2D eigenvalue weighted by Crippen LogP contribution is -2.43. The van der Waals surface area contributed by atoms with Gasteiger partial charge < -0.3 is 19.9 Å². The van der Waals surface area contributed by atoms with E-state index in [1.54, 1.807) is 12.4 Å². The van der Waals surface area contributed by atoms with Gasteiger partial charge >= 0.3 is 6.09 Å². The SMILES string of the molecule is CC(C)(C)OC(=O)N1CCC2(CC1)C[C@H]2CNC(=O)c1cc2cnccc2[nH]1. The Morgan fingerprint density at radius 1 is 1.36 bits per heavy atom. The van der Waals surface area contributed by atoms with Gasteiger partial charge in [-0.05, 0) is 63.5 Å². The molecule has 4 rings (SSSR count). The van der Waals surface area contributed by atoms with Gasteiger partial charge in [-0.3, -0.25) is 9.78 Å². The summed E-state index contributed by atoms with van der Waals surface area (Å²) < 4.78 is 5.47. The molecule has 2 aromatic heterocycles. The summed E-state index contributed by atoms with van der Waals surface area (Å²) >= 11 is 0. The molecule has 150 valence electrons. The molecule has 2 N–H and O–H groups in total. The van der Waals surface area contributed by atoms with E-state index in [2.05, 4.69) is 15.3 Å². The van der Waals surface area contributed by atoms with E-state index in [0.717, 1.165) is 43.3 Å². The number of hydrogen-bond donors (Lipinski definition) is 2. The maximum Gasteiger partial charge on any atom is 0.410 e. The number of nitrogens with zero attached hydrogens (tertiary/aromatic N) is 2. The van der Waals surface area contributed by atoms with Crippen molar-refractivity contribution in [1.82, 2.24) is 20.2 Å². The lowest BCUT2D eigenvalue weighted by atomic mass is 9.91. The Labute approximate surface area is 164 Å². The van der Waals surface area contributed by atoms with Gasteiger partial charge in [-0.2, -0.15) is 0 Å². The number of H-pyrrole nitrogens is 1. The average Bonchev–Trinajstić information content (AvgIpc) is 3.11. The van der Waals surface area contributed by atoms with Crippen LogP contribution in [0.15, 0.2) is 24.5 Å². The Bertz CT molecular complexity index is 857. The zero-order chi connectivity index (χ0) is 19.9. The normalized spacial score (nSPS) is 21.0. The van der Waals surface area contributed by atoms with Gasteiger partial charge in [0.1, 0.15) is 11.3 Å². The summed E-state index contributed by atoms with van der Waals surface area (Å²) in [6.45, 7) is 7.81. The molecule has 1 aliphatic carbocycles. The third-order valence-corrected chi connectivity index (χ3v) is 5.94. The van der Waals surface area contributed by atoms with E-state index in [4.69, 9.17) is 4.74 Å². The number of aromatic nitrogens is 2. The van der Waals surface area contributed by atoms with E-state index >= 15 is 0 Å². The molecule has 0 bridgehead atoms. The molecule has 2 aromatic rings. The van der Waals surface area contributed by atoms with Crippen molar-refractivity contribution in [3.63, 3.8) is 0 Å². The van der Waals surface area contributed by atoms with Crippen molar-refractivity contribution in [2.45, 2.75) is 45.6 Å². The summed E-state index contributed by atoms with van der Waals surface area (Å²) in [4.78, 5) is 33.7. The summed E-state index contributed by atoms with van der Waals surface area (Å²) in [5, 5.41) is 4.00. The molecule has 1 atom stereocenters. The highest BCUT2D eigenvalue weighted by Crippen LogP contribution is 2.59. The molecule has 7 heteroatoms. The Hall–Kier alpha value is -2.57. The zero-order valence-corrected chi connectivity index (χ0v) is 16.7. The van der Waals surface area contributed by atoms with Crippen molar-refractivity contribution >= 4 is 22.9 Å². The lowest BCUT2D eigenvalue weighted by Gasteiger charge is -2.34. The van der Waals surface area contributed by atoms with Gasteiger partial charge in [0.05, 0.1) is 0 Å². The number of nitrogens with one attached hydrogen (secondary N) is 2. The van der Waals surface area contributed by atoms with E-state index in [1.165, 1.54) is 0 Å². The predicted molar refractivity (Wildman–Crippen MR) is 106 cm³/mol. The predicted octanol–water partition coefficient (Wildman–Crippen LogP) is 3.33. The van der Waals surface area contributed by atoms with E-state index < -0.39 is 5.60 Å². The van der Waals surface area contributed by atoms with Crippen molar-refractivity contribution in [2.75, 3.05) is 19.6 Å². The Balaban J connectivity index is 1.26. The van der Waals surface area contributed by atoms with Gasteiger partial charge in [-0.1, -0.05) is 0 Å². The number of aromatic amines is 1. The first-order chi connectivity index (χ1) is 13.3. The highest BCUT2D eigenvalue weighted by molar-refractivity contribution is 5.97. The minimum absolute atomic E-state index is 0.0792. The van der Waals surface area contributed by atoms with E-state index in [0.29, 0.717) is 18.2 Å². The molecule has 28 heavy (non-hydrogen) atoms. The molecule has 1 saturated heterocycles. The summed E-state index contributed by atoms with van der Waals surface area (Å²) in [6, 6.07) is 3.69. The molecule has 0 aromatic carbocycles. The standard InChI is InChI=1S/C21H28N4O3/c1-20(2,3)28-19(27)25-8-5-21(6-9-25)11-15(21)13-23-18(26)17-10-14-12-22-7-4-16(14)24-17/h4,7,10,12,15,24H,5-6,8-9,11,13H2,1-3H3,(H,23,26)/t15-/m0/s1. The maximum atomic E-state index is 12.5. The van der Waals surface area contributed by atoms with Gasteiger partial charge in [0.2, 0.25) is 0 Å². The van der Waals surface area contributed by atoms with Crippen LogP contribution in [-0.4, -0.2) is 52.1 Å². The molecule has 3 heterocycles. The average molecular weight is 384 g/mol. The molecular weight excluding hydrogens is 356 g/mol. The second-order valence-corrected chi connectivity index (χ2v) is 9.09. The molecule has 0 radical (unpaired) electrons. The van der Waals surface area contributed by atoms with Crippen LogP contribution in [0.2, 0.25) is 0 Å². The second-order valence-electron chi connectivity index (χ2n) is 9.09. The number of carbonyl (C=O) groups is 2. The number of carbonyl (C=O) groups excluding carboxylic acids is 2. The van der Waals surface area contributed by atoms with Crippen LogP contribution in [0.25, 0.3) is 10.9 Å². The van der Waals surface area contributed by atoms with Crippen LogP contribution in [0.1, 0.15) is 50.5 Å². The van der Waals surface area contributed by atoms with Crippen molar-refractivity contribution < 1.29 is 14.3 Å². The maximum absolute atomic E-state index is 12.5. The van der Waals surface area contributed by atoms with Gasteiger partial charge in [0, 0.05) is 42.9 Å². The van der Waals surface area contributed by atoms with Gasteiger partial charge in [-0.15, -0.1) is 0 Å². The molecular formula is C21H28N4O3. The molecule has 2 fully saturated rings. The Morgan fingerprint density at radius 3 is 2.79 bits per heavy atom. The van der Waals surface area contributed by atoms with Crippen LogP contribution in [-0.2, 0) is 4.74 Å². The molecule has 0 unspecified atom stereocenters. The fraction of sp³-hybridized carbons (Fsp3) is 0.571. The second kappa shape index (κ2) is 6.79. The fourth-order valence-corrected chi connectivity index (χ4v) is 4.20. The number of piperidine rings is 1. The largest absolute Gasteiger partial charge is 0.444 e. The molecule has 7 nitrogen and oxygen atoms in total. The number of hydrogen-bond acceptors (Lipinski definition) is 4. The van der Waals surface area contributed by atoms with Crippen LogP contribution in [0.3, 0.4) is 0 Å². The molecule has 2 amide bonds. The number of ether oxygens (including phenoxy) is 1. The Morgan fingerprint density at radius 2 is 2.11 bits per heavy atom. The van der Waals surface area contributed by atoms with Crippen LogP contribution in [0.5, 0.6) is 0 Å². The van der Waals surface area contributed by atoms with Gasteiger partial charge in [-0.25, -0.2) is 4.79 Å². The molecule has 1 saturated carbocycles. The smallest absolute Gasteiger partial charge is 0.410 e. The third-order valence-electron chi connectivity index (χ3n) is 5.94. The Kier molecular flexibility index (Phi) is 4.56. The van der Waals surface area contributed by atoms with Crippen molar-refractivity contribution in [3.8, 4) is 0 Å². The fourth-order valence-electron chi connectivity index (χ4n) is 4.20. The monoisotopic (exact) mass is 384 g/mol. The number of pyridine rings is 1. The first kappa shape index (κ1) is 18.8. The first-order valence-electron chi connectivity index (χ1n) is 9.95. The van der Waals surface area contributed by atoms with Gasteiger partial charge in [0.15, 0.2) is 0 Å². The van der Waals surface area contributed by atoms with Crippen molar-refractivity contribution in [2.24, 2.45) is 11.3 Å². The van der Waals surface area contributed by atoms with Crippen molar-refractivity contribution in [3.05, 3.63) is 30.2 Å². The number of amides is 2. The molecule has 2 aliphatic rings. The highest BCUT2D eigenvalue weighted by atomic mass is 16.6. The number of fused-ring (bicyclic) bond motifs is 1. The molecule has 1 aliphatic heterocycles. The minimum Gasteiger partial charge on any atom is -0.444 e. The van der Waals surface area contributed by atoms with E-state index in [9.17, 15) is 9.59 Å². The first-order valence-corrected chi connectivity index (χ1v) is 9.95. The zero-order valence-electron chi connectivity index (χ0n) is 16.7. The number of rotatable bonds is 3. The van der Waals surface area contributed by atoms with E-state index in [-0.39, 0.29) is 17.4 Å². The lowest BCUT2D eigenvalue weighted by molar-refractivity contribution is 0.0165. The summed E-state index contributed by atoms with van der Waals surface area (Å²) in [5.74, 6) is 0.410.